The maximum Gasteiger partial charge on any atom is 0.237 e. The molecule has 1 aromatic heterocycles. The molecule has 2 aromatic rings. The number of amides is 1. The van der Waals surface area contributed by atoms with Gasteiger partial charge >= 0.3 is 0 Å². The smallest absolute Gasteiger partial charge is 0.237 e. The van der Waals surface area contributed by atoms with Gasteiger partial charge in [-0.3, -0.25) is 9.69 Å². The minimum Gasteiger partial charge on any atom is -0.493 e. The quantitative estimate of drug-likeness (QED) is 0.773. The van der Waals surface area contributed by atoms with Crippen LogP contribution in [0.3, 0.4) is 0 Å². The summed E-state index contributed by atoms with van der Waals surface area (Å²) in [7, 11) is 3.21. The summed E-state index contributed by atoms with van der Waals surface area (Å²) in [5.41, 5.74) is 1.97. The van der Waals surface area contributed by atoms with Gasteiger partial charge in [0.05, 0.1) is 20.3 Å². The van der Waals surface area contributed by atoms with Crippen molar-refractivity contribution in [1.82, 2.24) is 20.2 Å². The van der Waals surface area contributed by atoms with E-state index >= 15 is 0 Å². The van der Waals surface area contributed by atoms with Crippen molar-refractivity contribution in [2.24, 2.45) is 0 Å². The highest BCUT2D eigenvalue weighted by Gasteiger charge is 2.28. The predicted octanol–water partition coefficient (Wildman–Crippen LogP) is 2.69. The van der Waals surface area contributed by atoms with Crippen LogP contribution in [0.5, 0.6) is 11.5 Å². The molecule has 0 radical (unpaired) electrons. The molecule has 1 N–H and O–H groups in total. The first-order chi connectivity index (χ1) is 14.0. The summed E-state index contributed by atoms with van der Waals surface area (Å²) in [6, 6.07) is 7.41. The summed E-state index contributed by atoms with van der Waals surface area (Å²) >= 11 is 0. The predicted molar refractivity (Wildman–Crippen MR) is 111 cm³/mol. The normalized spacial score (nSPS) is 16.3. The van der Waals surface area contributed by atoms with E-state index in [9.17, 15) is 4.79 Å². The molecule has 1 aliphatic heterocycles. The number of nitrogens with zero attached hydrogens (tertiary/aromatic N) is 3. The van der Waals surface area contributed by atoms with Gasteiger partial charge in [-0.05, 0) is 63.5 Å². The van der Waals surface area contributed by atoms with Crippen LogP contribution in [0, 0.1) is 6.92 Å². The number of carbonyl (C=O) groups excluding carboxylic acids is 1. The Balaban J connectivity index is 1.51. The molecule has 1 aromatic carbocycles. The van der Waals surface area contributed by atoms with E-state index in [1.165, 1.54) is 0 Å². The van der Waals surface area contributed by atoms with Crippen LogP contribution in [0.1, 0.15) is 42.8 Å². The van der Waals surface area contributed by atoms with E-state index in [1.54, 1.807) is 14.2 Å². The van der Waals surface area contributed by atoms with Crippen molar-refractivity contribution in [1.29, 1.82) is 0 Å². The number of nitrogens with one attached hydrogen (secondary N) is 1. The maximum atomic E-state index is 12.7. The third kappa shape index (κ3) is 5.23. The Bertz CT molecular complexity index is 835. The van der Waals surface area contributed by atoms with Crippen molar-refractivity contribution >= 4 is 5.91 Å². The highest BCUT2D eigenvalue weighted by atomic mass is 16.5. The Labute approximate surface area is 172 Å². The first kappa shape index (κ1) is 21.0. The monoisotopic (exact) mass is 398 g/mol. The standard InChI is InChI=1S/C22H30N4O3/c1-15-7-10-23-21(25-15)18-8-11-26(12-9-18)16(2)22(27)24-14-17-5-6-19(28-3)20(13-17)29-4/h5-7,10,13,16,18H,8-9,11-12,14H2,1-4H3,(H,24,27). The maximum absolute atomic E-state index is 12.7. The van der Waals surface area contributed by atoms with Crippen molar-refractivity contribution in [3.8, 4) is 11.5 Å². The van der Waals surface area contributed by atoms with E-state index in [0.717, 1.165) is 43.0 Å². The van der Waals surface area contributed by atoms with E-state index in [-0.39, 0.29) is 11.9 Å². The number of rotatable bonds is 7. The number of aromatic nitrogens is 2. The second-order valence-electron chi connectivity index (χ2n) is 7.45. The third-order valence-electron chi connectivity index (χ3n) is 5.55. The summed E-state index contributed by atoms with van der Waals surface area (Å²) in [5.74, 6) is 2.66. The van der Waals surface area contributed by atoms with E-state index in [1.807, 2.05) is 44.3 Å². The van der Waals surface area contributed by atoms with Crippen molar-refractivity contribution in [3.63, 3.8) is 0 Å². The highest BCUT2D eigenvalue weighted by Crippen LogP contribution is 2.28. The van der Waals surface area contributed by atoms with E-state index < -0.39 is 0 Å². The fraction of sp³-hybridized carbons (Fsp3) is 0.500. The molecular formula is C22H30N4O3. The van der Waals surface area contributed by atoms with Gasteiger partial charge in [0.1, 0.15) is 5.82 Å². The largest absolute Gasteiger partial charge is 0.493 e. The van der Waals surface area contributed by atoms with Crippen LogP contribution >= 0.6 is 0 Å². The zero-order valence-electron chi connectivity index (χ0n) is 17.6. The minimum atomic E-state index is -0.172. The summed E-state index contributed by atoms with van der Waals surface area (Å²) in [4.78, 5) is 23.9. The lowest BCUT2D eigenvalue weighted by Crippen LogP contribution is -2.48. The molecule has 1 atom stereocenters. The number of piperidine rings is 1. The molecule has 1 saturated heterocycles. The molecule has 0 bridgehead atoms. The van der Waals surface area contributed by atoms with Crippen LogP contribution in [0.15, 0.2) is 30.5 Å². The van der Waals surface area contributed by atoms with Gasteiger partial charge in [0.25, 0.3) is 0 Å². The molecule has 1 amide bonds. The van der Waals surface area contributed by atoms with Crippen LogP contribution in [-0.2, 0) is 11.3 Å². The van der Waals surface area contributed by atoms with Gasteiger partial charge in [0.2, 0.25) is 5.91 Å². The Morgan fingerprint density at radius 2 is 1.93 bits per heavy atom. The average molecular weight is 399 g/mol. The fourth-order valence-electron chi connectivity index (χ4n) is 3.70. The molecule has 0 spiro atoms. The van der Waals surface area contributed by atoms with Crippen LogP contribution in [0.4, 0.5) is 0 Å². The topological polar surface area (TPSA) is 76.6 Å². The van der Waals surface area contributed by atoms with Gasteiger partial charge in [0.15, 0.2) is 11.5 Å². The van der Waals surface area contributed by atoms with Crippen LogP contribution < -0.4 is 14.8 Å². The third-order valence-corrected chi connectivity index (χ3v) is 5.55. The minimum absolute atomic E-state index is 0.0324. The average Bonchev–Trinajstić information content (AvgIpc) is 2.76. The molecule has 156 valence electrons. The first-order valence-corrected chi connectivity index (χ1v) is 10.0. The summed E-state index contributed by atoms with van der Waals surface area (Å²) in [5, 5.41) is 3.03. The van der Waals surface area contributed by atoms with Gasteiger partial charge < -0.3 is 14.8 Å². The molecule has 0 aliphatic carbocycles. The van der Waals surface area contributed by atoms with Gasteiger partial charge in [-0.15, -0.1) is 0 Å². The molecule has 7 heteroatoms. The van der Waals surface area contributed by atoms with Crippen molar-refractivity contribution in [3.05, 3.63) is 47.5 Å². The summed E-state index contributed by atoms with van der Waals surface area (Å²) in [6.45, 7) is 6.15. The van der Waals surface area contributed by atoms with E-state index in [4.69, 9.17) is 9.47 Å². The van der Waals surface area contributed by atoms with Crippen molar-refractivity contribution in [2.75, 3.05) is 27.3 Å². The highest BCUT2D eigenvalue weighted by molar-refractivity contribution is 5.81. The number of ether oxygens (including phenoxy) is 2. The Morgan fingerprint density at radius 3 is 2.59 bits per heavy atom. The Morgan fingerprint density at radius 1 is 1.21 bits per heavy atom. The molecule has 1 aliphatic rings. The van der Waals surface area contributed by atoms with E-state index in [0.29, 0.717) is 24.0 Å². The second kappa shape index (κ2) is 9.69. The van der Waals surface area contributed by atoms with E-state index in [2.05, 4.69) is 20.2 Å². The SMILES string of the molecule is COc1ccc(CNC(=O)C(C)N2CCC(c3nccc(C)n3)CC2)cc1OC. The number of hydrogen-bond acceptors (Lipinski definition) is 6. The zero-order chi connectivity index (χ0) is 20.8. The van der Waals surface area contributed by atoms with Gasteiger partial charge in [-0.2, -0.15) is 0 Å². The zero-order valence-corrected chi connectivity index (χ0v) is 17.6. The van der Waals surface area contributed by atoms with Gasteiger partial charge in [0, 0.05) is 24.4 Å². The van der Waals surface area contributed by atoms with Gasteiger partial charge in [-0.25, -0.2) is 9.97 Å². The van der Waals surface area contributed by atoms with Crippen LogP contribution in [0.2, 0.25) is 0 Å². The number of methoxy groups -OCH3 is 2. The van der Waals surface area contributed by atoms with Gasteiger partial charge in [-0.1, -0.05) is 6.07 Å². The fourth-order valence-corrected chi connectivity index (χ4v) is 3.70. The molecule has 0 saturated carbocycles. The lowest BCUT2D eigenvalue weighted by Gasteiger charge is -2.34. The molecule has 1 unspecified atom stereocenters. The van der Waals surface area contributed by atoms with Crippen LogP contribution in [-0.4, -0.2) is 54.1 Å². The lowest BCUT2D eigenvalue weighted by molar-refractivity contribution is -0.126. The summed E-state index contributed by atoms with van der Waals surface area (Å²) in [6.07, 6.45) is 3.77. The summed E-state index contributed by atoms with van der Waals surface area (Å²) < 4.78 is 10.6. The number of likely N-dealkylation sites (tertiary alicyclic amines) is 1. The number of aryl methyl sites for hydroxylation is 1. The molecule has 2 heterocycles. The van der Waals surface area contributed by atoms with Crippen molar-refractivity contribution < 1.29 is 14.3 Å². The Hall–Kier alpha value is -2.67. The first-order valence-electron chi connectivity index (χ1n) is 10.0. The lowest BCUT2D eigenvalue weighted by atomic mass is 9.95. The molecule has 29 heavy (non-hydrogen) atoms. The molecule has 1 fully saturated rings. The second-order valence-corrected chi connectivity index (χ2v) is 7.45. The molecule has 3 rings (SSSR count). The number of benzene rings is 1. The Kier molecular flexibility index (Phi) is 7.04. The molecular weight excluding hydrogens is 368 g/mol. The van der Waals surface area contributed by atoms with Crippen molar-refractivity contribution in [2.45, 2.75) is 45.2 Å². The number of hydrogen-bond donors (Lipinski definition) is 1. The number of carbonyl (C=O) groups is 1. The molecule has 7 nitrogen and oxygen atoms in total. The van der Waals surface area contributed by atoms with Crippen LogP contribution in [0.25, 0.3) is 0 Å².